The number of carbonyl (C=O) groups is 1. The van der Waals surface area contributed by atoms with Gasteiger partial charge in [0.05, 0.1) is 31.7 Å². The molecule has 138 valence electrons. The number of hydrogen-bond donors (Lipinski definition) is 1. The van der Waals surface area contributed by atoms with Crippen molar-refractivity contribution in [2.24, 2.45) is 0 Å². The van der Waals surface area contributed by atoms with Gasteiger partial charge in [0.25, 0.3) is 5.91 Å². The molecule has 1 unspecified atom stereocenters. The Hall–Kier alpha value is -2.39. The van der Waals surface area contributed by atoms with Gasteiger partial charge in [0.2, 0.25) is 0 Å². The molecule has 7 nitrogen and oxygen atoms in total. The molecule has 0 spiro atoms. The minimum absolute atomic E-state index is 0.112. The molecule has 0 fully saturated rings. The van der Waals surface area contributed by atoms with Crippen LogP contribution in [-0.4, -0.2) is 45.3 Å². The van der Waals surface area contributed by atoms with Gasteiger partial charge in [0, 0.05) is 11.0 Å². The molecule has 1 atom stereocenters. The molecule has 1 N–H and O–H groups in total. The number of rotatable bonds is 5. The predicted octanol–water partition coefficient (Wildman–Crippen LogP) is 2.18. The number of amides is 1. The first kappa shape index (κ1) is 18.4. The summed E-state index contributed by atoms with van der Waals surface area (Å²) in [6.07, 6.45) is 1.48. The summed E-state index contributed by atoms with van der Waals surface area (Å²) < 4.78 is 33.4. The zero-order valence-electron chi connectivity index (χ0n) is 14.5. The fraction of sp³-hybridized carbons (Fsp3) is 0.294. The second-order valence-corrected chi connectivity index (χ2v) is 8.67. The highest BCUT2D eigenvalue weighted by Crippen LogP contribution is 2.35. The van der Waals surface area contributed by atoms with Crippen LogP contribution in [0.4, 0.5) is 0 Å². The van der Waals surface area contributed by atoms with Crippen LogP contribution in [0.3, 0.4) is 0 Å². The molecule has 2 aromatic rings. The molecule has 2 heterocycles. The van der Waals surface area contributed by atoms with E-state index < -0.39 is 15.9 Å². The van der Waals surface area contributed by atoms with Gasteiger partial charge in [0.15, 0.2) is 21.3 Å². The molecule has 1 aromatic carbocycles. The van der Waals surface area contributed by atoms with E-state index in [0.717, 1.165) is 11.0 Å². The van der Waals surface area contributed by atoms with E-state index >= 15 is 0 Å². The average Bonchev–Trinajstić information content (AvgIpc) is 3.16. The number of ether oxygens (including phenoxy) is 2. The van der Waals surface area contributed by atoms with E-state index in [0.29, 0.717) is 27.1 Å². The van der Waals surface area contributed by atoms with Crippen LogP contribution in [0.5, 0.6) is 11.5 Å². The van der Waals surface area contributed by atoms with Crippen molar-refractivity contribution in [2.45, 2.75) is 13.0 Å². The molecule has 1 aromatic heterocycles. The average molecular weight is 394 g/mol. The Balaban J connectivity index is 1.83. The van der Waals surface area contributed by atoms with Crippen molar-refractivity contribution in [3.63, 3.8) is 0 Å². The summed E-state index contributed by atoms with van der Waals surface area (Å²) in [6.45, 7) is 1.75. The second-order valence-electron chi connectivity index (χ2n) is 5.74. The van der Waals surface area contributed by atoms with E-state index in [9.17, 15) is 13.2 Å². The Kier molecular flexibility index (Phi) is 5.01. The molecule has 3 rings (SSSR count). The zero-order chi connectivity index (χ0) is 18.9. The number of benzene rings is 1. The lowest BCUT2D eigenvalue weighted by Crippen LogP contribution is -2.35. The molecule has 1 aliphatic rings. The first-order valence-corrected chi connectivity index (χ1v) is 10.3. The van der Waals surface area contributed by atoms with Crippen LogP contribution < -0.4 is 14.8 Å². The highest BCUT2D eigenvalue weighted by atomic mass is 32.2. The number of carbonyl (C=O) groups excluding carboxylic acids is 1. The second kappa shape index (κ2) is 7.08. The number of aromatic nitrogens is 1. The number of nitrogens with zero attached hydrogens (tertiary/aromatic N) is 1. The largest absolute Gasteiger partial charge is 0.493 e. The molecule has 1 aliphatic heterocycles. The topological polar surface area (TPSA) is 94.6 Å². The maximum Gasteiger partial charge on any atom is 0.263 e. The molecular weight excluding hydrogens is 376 g/mol. The molecule has 26 heavy (non-hydrogen) atoms. The lowest BCUT2D eigenvalue weighted by molar-refractivity contribution is 0.0951. The highest BCUT2D eigenvalue weighted by molar-refractivity contribution is 7.94. The number of methoxy groups -OCH3 is 2. The summed E-state index contributed by atoms with van der Waals surface area (Å²) in [5.41, 5.74) is 1.39. The van der Waals surface area contributed by atoms with Crippen LogP contribution in [0.1, 0.15) is 15.4 Å². The standard InChI is InChI=1S/C17H18N2O5S2/c1-10-15(16(20)19-12-6-7-26(21,22)9-12)25-17(18-10)11-4-5-13(23-2)14(8-11)24-3/h4-8,12H,9H2,1-3H3,(H,19,20). The first-order chi connectivity index (χ1) is 12.3. The SMILES string of the molecule is COc1ccc(-c2nc(C)c(C(=O)NC3C=CS(=O)(=O)C3)s2)cc1OC. The lowest BCUT2D eigenvalue weighted by Gasteiger charge is -2.09. The minimum atomic E-state index is -3.22. The van der Waals surface area contributed by atoms with Gasteiger partial charge in [-0.05, 0) is 31.2 Å². The van der Waals surface area contributed by atoms with Crippen molar-refractivity contribution in [3.05, 3.63) is 40.3 Å². The van der Waals surface area contributed by atoms with E-state index in [1.807, 2.05) is 6.07 Å². The third kappa shape index (κ3) is 3.73. The quantitative estimate of drug-likeness (QED) is 0.835. The predicted molar refractivity (Wildman–Crippen MR) is 99.6 cm³/mol. The van der Waals surface area contributed by atoms with Gasteiger partial charge in [-0.15, -0.1) is 11.3 Å². The van der Waals surface area contributed by atoms with E-state index in [1.165, 1.54) is 17.4 Å². The Labute approximate surface area is 155 Å². The molecule has 0 radical (unpaired) electrons. The van der Waals surface area contributed by atoms with Crippen molar-refractivity contribution in [1.29, 1.82) is 0 Å². The lowest BCUT2D eigenvalue weighted by atomic mass is 10.2. The molecular formula is C17H18N2O5S2. The minimum Gasteiger partial charge on any atom is -0.493 e. The summed E-state index contributed by atoms with van der Waals surface area (Å²) in [7, 11) is -0.106. The summed E-state index contributed by atoms with van der Waals surface area (Å²) in [4.78, 5) is 17.4. The number of sulfone groups is 1. The van der Waals surface area contributed by atoms with Crippen LogP contribution in [0.2, 0.25) is 0 Å². The Morgan fingerprint density at radius 2 is 2.00 bits per heavy atom. The summed E-state index contributed by atoms with van der Waals surface area (Å²) >= 11 is 1.24. The summed E-state index contributed by atoms with van der Waals surface area (Å²) in [5.74, 6) is 0.736. The van der Waals surface area contributed by atoms with Crippen molar-refractivity contribution in [3.8, 4) is 22.1 Å². The van der Waals surface area contributed by atoms with Crippen molar-refractivity contribution in [1.82, 2.24) is 10.3 Å². The molecule has 0 saturated carbocycles. The molecule has 1 amide bonds. The molecule has 0 aliphatic carbocycles. The van der Waals surface area contributed by atoms with Crippen molar-refractivity contribution >= 4 is 27.1 Å². The molecule has 9 heteroatoms. The van der Waals surface area contributed by atoms with Gasteiger partial charge >= 0.3 is 0 Å². The normalized spacial score (nSPS) is 17.9. The number of aryl methyl sites for hydroxylation is 1. The molecule has 0 saturated heterocycles. The third-order valence-corrected chi connectivity index (χ3v) is 6.48. The van der Waals surface area contributed by atoms with E-state index in [2.05, 4.69) is 10.3 Å². The van der Waals surface area contributed by atoms with E-state index in [4.69, 9.17) is 9.47 Å². The zero-order valence-corrected chi connectivity index (χ0v) is 16.1. The van der Waals surface area contributed by atoms with Crippen LogP contribution in [-0.2, 0) is 9.84 Å². The van der Waals surface area contributed by atoms with Gasteiger partial charge in [-0.2, -0.15) is 0 Å². The first-order valence-electron chi connectivity index (χ1n) is 7.74. The number of hydrogen-bond acceptors (Lipinski definition) is 7. The Morgan fingerprint density at radius 3 is 2.62 bits per heavy atom. The Morgan fingerprint density at radius 1 is 1.27 bits per heavy atom. The summed E-state index contributed by atoms with van der Waals surface area (Å²) in [5, 5.41) is 4.52. The number of nitrogens with one attached hydrogen (secondary N) is 1. The Bertz CT molecular complexity index is 979. The van der Waals surface area contributed by atoms with E-state index in [-0.39, 0.29) is 11.7 Å². The van der Waals surface area contributed by atoms with Crippen LogP contribution >= 0.6 is 11.3 Å². The van der Waals surface area contributed by atoms with Crippen molar-refractivity contribution < 1.29 is 22.7 Å². The smallest absolute Gasteiger partial charge is 0.263 e. The van der Waals surface area contributed by atoms with Crippen LogP contribution in [0.15, 0.2) is 29.7 Å². The van der Waals surface area contributed by atoms with Gasteiger partial charge in [-0.25, -0.2) is 13.4 Å². The highest BCUT2D eigenvalue weighted by Gasteiger charge is 2.25. The van der Waals surface area contributed by atoms with Crippen LogP contribution in [0.25, 0.3) is 10.6 Å². The van der Waals surface area contributed by atoms with E-state index in [1.54, 1.807) is 33.3 Å². The van der Waals surface area contributed by atoms with Crippen LogP contribution in [0, 0.1) is 6.92 Å². The third-order valence-electron chi connectivity index (χ3n) is 3.88. The fourth-order valence-electron chi connectivity index (χ4n) is 2.60. The fourth-order valence-corrected chi connectivity index (χ4v) is 4.80. The van der Waals surface area contributed by atoms with Gasteiger partial charge < -0.3 is 14.8 Å². The summed E-state index contributed by atoms with van der Waals surface area (Å²) in [6, 6.07) is 4.90. The van der Waals surface area contributed by atoms with Gasteiger partial charge in [-0.1, -0.05) is 0 Å². The maximum atomic E-state index is 12.5. The maximum absolute atomic E-state index is 12.5. The molecule has 0 bridgehead atoms. The van der Waals surface area contributed by atoms with Crippen molar-refractivity contribution in [2.75, 3.05) is 20.0 Å². The number of thiazole rings is 1. The monoisotopic (exact) mass is 394 g/mol. The van der Waals surface area contributed by atoms with Gasteiger partial charge in [0.1, 0.15) is 9.88 Å². The van der Waals surface area contributed by atoms with Gasteiger partial charge in [-0.3, -0.25) is 4.79 Å².